The normalized spacial score (nSPS) is 25.8. The van der Waals surface area contributed by atoms with Gasteiger partial charge in [0.25, 0.3) is 5.91 Å². The molecule has 1 N–H and O–H groups in total. The smallest absolute Gasteiger partial charge is 0.289 e. The first kappa shape index (κ1) is 15.7. The molecular weight excluding hydrogens is 306 g/mol. The van der Waals surface area contributed by atoms with Crippen LogP contribution in [0.3, 0.4) is 0 Å². The maximum absolute atomic E-state index is 12.7. The fourth-order valence-corrected chi connectivity index (χ4v) is 4.19. The lowest BCUT2D eigenvalue weighted by Crippen LogP contribution is -2.62. The Balaban J connectivity index is 1.46. The molecular formula is C19H23NO4. The topological polar surface area (TPSA) is 62.9 Å². The Morgan fingerprint density at radius 3 is 2.79 bits per heavy atom. The summed E-state index contributed by atoms with van der Waals surface area (Å²) in [6.45, 7) is 3.92. The molecule has 2 aliphatic rings. The zero-order chi connectivity index (χ0) is 16.7. The third-order valence-corrected chi connectivity index (χ3v) is 5.73. The van der Waals surface area contributed by atoms with Crippen LogP contribution in [-0.2, 0) is 4.74 Å². The van der Waals surface area contributed by atoms with Crippen molar-refractivity contribution in [1.82, 2.24) is 4.90 Å². The van der Waals surface area contributed by atoms with Crippen LogP contribution in [0.5, 0.6) is 0 Å². The molecule has 0 bridgehead atoms. The van der Waals surface area contributed by atoms with Gasteiger partial charge in [-0.25, -0.2) is 0 Å². The minimum atomic E-state index is -0.308. The SMILES string of the molecule is CCO[C@H]1C[C@H](O)C12CCN(C(=O)c1cc3ccccc3o1)CC2. The van der Waals surface area contributed by atoms with Crippen LogP contribution >= 0.6 is 0 Å². The molecule has 2 fully saturated rings. The fraction of sp³-hybridized carbons (Fsp3) is 0.526. The van der Waals surface area contributed by atoms with Crippen LogP contribution in [0.4, 0.5) is 0 Å². The van der Waals surface area contributed by atoms with E-state index in [9.17, 15) is 9.90 Å². The van der Waals surface area contributed by atoms with Gasteiger partial charge in [-0.05, 0) is 31.9 Å². The fourth-order valence-electron chi connectivity index (χ4n) is 4.19. The van der Waals surface area contributed by atoms with Gasteiger partial charge in [0.2, 0.25) is 0 Å². The standard InChI is InChI=1S/C19H23NO4/c1-2-23-17-12-16(21)19(17)7-9-20(10-8-19)18(22)15-11-13-5-3-4-6-14(13)24-15/h3-6,11,16-17,21H,2,7-10,12H2,1H3/t16-,17-/m0/s1. The van der Waals surface area contributed by atoms with Gasteiger partial charge in [0.05, 0.1) is 12.2 Å². The van der Waals surface area contributed by atoms with Gasteiger partial charge in [-0.1, -0.05) is 18.2 Å². The van der Waals surface area contributed by atoms with E-state index in [2.05, 4.69) is 0 Å². The Morgan fingerprint density at radius 2 is 2.12 bits per heavy atom. The largest absolute Gasteiger partial charge is 0.451 e. The van der Waals surface area contributed by atoms with E-state index in [-0.39, 0.29) is 23.5 Å². The predicted octanol–water partition coefficient (Wildman–Crippen LogP) is 2.82. The van der Waals surface area contributed by atoms with Crippen LogP contribution in [0.1, 0.15) is 36.7 Å². The van der Waals surface area contributed by atoms with Crippen molar-refractivity contribution < 1.29 is 19.1 Å². The van der Waals surface area contributed by atoms with Gasteiger partial charge >= 0.3 is 0 Å². The van der Waals surface area contributed by atoms with E-state index in [0.717, 1.165) is 23.8 Å². The number of benzene rings is 1. The second-order valence-electron chi connectivity index (χ2n) is 6.87. The number of carbonyl (C=O) groups excluding carboxylic acids is 1. The first-order valence-corrected chi connectivity index (χ1v) is 8.71. The maximum atomic E-state index is 12.7. The van der Waals surface area contributed by atoms with Crippen molar-refractivity contribution in [3.63, 3.8) is 0 Å². The van der Waals surface area contributed by atoms with Gasteiger partial charge in [0.15, 0.2) is 5.76 Å². The summed E-state index contributed by atoms with van der Waals surface area (Å²) in [6, 6.07) is 9.45. The van der Waals surface area contributed by atoms with Crippen LogP contribution in [-0.4, -0.2) is 47.8 Å². The van der Waals surface area contributed by atoms with Crippen molar-refractivity contribution in [1.29, 1.82) is 0 Å². The Bertz CT molecular complexity index is 710. The maximum Gasteiger partial charge on any atom is 0.289 e. The van der Waals surface area contributed by atoms with Gasteiger partial charge in [0, 0.05) is 36.9 Å². The van der Waals surface area contributed by atoms with E-state index in [4.69, 9.17) is 9.15 Å². The molecule has 2 heterocycles. The predicted molar refractivity (Wildman–Crippen MR) is 89.8 cm³/mol. The monoisotopic (exact) mass is 329 g/mol. The highest BCUT2D eigenvalue weighted by molar-refractivity contribution is 5.96. The molecule has 128 valence electrons. The number of fused-ring (bicyclic) bond motifs is 1. The minimum Gasteiger partial charge on any atom is -0.451 e. The number of piperidine rings is 1. The molecule has 5 heteroatoms. The van der Waals surface area contributed by atoms with Gasteiger partial charge in [0.1, 0.15) is 5.58 Å². The second kappa shape index (κ2) is 5.90. The lowest BCUT2D eigenvalue weighted by atomic mass is 9.58. The molecule has 4 rings (SSSR count). The number of para-hydroxylation sites is 1. The Labute approximate surface area is 141 Å². The molecule has 1 aliphatic heterocycles. The van der Waals surface area contributed by atoms with Crippen molar-refractivity contribution >= 4 is 16.9 Å². The third-order valence-electron chi connectivity index (χ3n) is 5.73. The number of carbonyl (C=O) groups is 1. The van der Waals surface area contributed by atoms with E-state index in [1.807, 2.05) is 42.2 Å². The van der Waals surface area contributed by atoms with Crippen molar-refractivity contribution in [2.75, 3.05) is 19.7 Å². The number of likely N-dealkylation sites (tertiary alicyclic amines) is 1. The van der Waals surface area contributed by atoms with Gasteiger partial charge < -0.3 is 19.2 Å². The molecule has 1 aromatic heterocycles. The zero-order valence-corrected chi connectivity index (χ0v) is 13.9. The minimum absolute atomic E-state index is 0.0668. The molecule has 2 aromatic rings. The summed E-state index contributed by atoms with van der Waals surface area (Å²) in [6.07, 6.45) is 2.10. The molecule has 0 unspecified atom stereocenters. The number of furan rings is 1. The summed E-state index contributed by atoms with van der Waals surface area (Å²) < 4.78 is 11.5. The summed E-state index contributed by atoms with van der Waals surface area (Å²) >= 11 is 0. The summed E-state index contributed by atoms with van der Waals surface area (Å²) in [5, 5.41) is 11.2. The van der Waals surface area contributed by atoms with Gasteiger partial charge in [-0.15, -0.1) is 0 Å². The number of nitrogens with zero attached hydrogens (tertiary/aromatic N) is 1. The Hall–Kier alpha value is -1.85. The van der Waals surface area contributed by atoms with E-state index < -0.39 is 0 Å². The zero-order valence-electron chi connectivity index (χ0n) is 13.9. The highest BCUT2D eigenvalue weighted by Crippen LogP contribution is 2.51. The molecule has 1 aromatic carbocycles. The van der Waals surface area contributed by atoms with E-state index in [1.165, 1.54) is 0 Å². The van der Waals surface area contributed by atoms with Crippen LogP contribution in [0.25, 0.3) is 11.0 Å². The number of amides is 1. The van der Waals surface area contributed by atoms with Crippen LogP contribution in [0.15, 0.2) is 34.7 Å². The number of aliphatic hydroxyl groups excluding tert-OH is 1. The summed E-state index contributed by atoms with van der Waals surface area (Å²) in [5.74, 6) is 0.325. The molecule has 2 atom stereocenters. The summed E-state index contributed by atoms with van der Waals surface area (Å²) in [7, 11) is 0. The van der Waals surface area contributed by atoms with Crippen molar-refractivity contribution in [3.05, 3.63) is 36.1 Å². The molecule has 1 saturated heterocycles. The molecule has 0 radical (unpaired) electrons. The average molecular weight is 329 g/mol. The Kier molecular flexibility index (Phi) is 3.85. The Morgan fingerprint density at radius 1 is 1.38 bits per heavy atom. The number of aliphatic hydroxyl groups is 1. The molecule has 1 spiro atoms. The quantitative estimate of drug-likeness (QED) is 0.940. The number of hydrogen-bond acceptors (Lipinski definition) is 4. The number of ether oxygens (including phenoxy) is 1. The van der Waals surface area contributed by atoms with Crippen LogP contribution in [0.2, 0.25) is 0 Å². The lowest BCUT2D eigenvalue weighted by molar-refractivity contribution is -0.207. The average Bonchev–Trinajstić information content (AvgIpc) is 3.05. The van der Waals surface area contributed by atoms with Crippen LogP contribution < -0.4 is 0 Å². The van der Waals surface area contributed by atoms with Crippen molar-refractivity contribution in [2.24, 2.45) is 5.41 Å². The lowest BCUT2D eigenvalue weighted by Gasteiger charge is -2.56. The number of rotatable bonds is 3. The van der Waals surface area contributed by atoms with E-state index in [0.29, 0.717) is 31.9 Å². The van der Waals surface area contributed by atoms with E-state index >= 15 is 0 Å². The van der Waals surface area contributed by atoms with E-state index in [1.54, 1.807) is 0 Å². The van der Waals surface area contributed by atoms with Crippen molar-refractivity contribution in [3.8, 4) is 0 Å². The van der Waals surface area contributed by atoms with Gasteiger partial charge in [-0.2, -0.15) is 0 Å². The molecule has 24 heavy (non-hydrogen) atoms. The molecule has 1 saturated carbocycles. The number of hydrogen-bond donors (Lipinski definition) is 1. The van der Waals surface area contributed by atoms with Crippen LogP contribution in [0, 0.1) is 5.41 Å². The summed E-state index contributed by atoms with van der Waals surface area (Å²) in [5.41, 5.74) is 0.570. The first-order valence-electron chi connectivity index (χ1n) is 8.71. The highest BCUT2D eigenvalue weighted by Gasteiger charge is 2.56. The molecule has 1 aliphatic carbocycles. The van der Waals surface area contributed by atoms with Gasteiger partial charge in [-0.3, -0.25) is 4.79 Å². The first-order chi connectivity index (χ1) is 11.6. The molecule has 1 amide bonds. The highest BCUT2D eigenvalue weighted by atomic mass is 16.5. The third kappa shape index (κ3) is 2.34. The molecule has 5 nitrogen and oxygen atoms in total. The summed E-state index contributed by atoms with van der Waals surface area (Å²) in [4.78, 5) is 14.5. The second-order valence-corrected chi connectivity index (χ2v) is 6.87. The van der Waals surface area contributed by atoms with Crippen molar-refractivity contribution in [2.45, 2.75) is 38.4 Å².